The molecule has 3 rings (SSSR count). The fourth-order valence-corrected chi connectivity index (χ4v) is 4.31. The normalized spacial score (nSPS) is 13.4. The zero-order valence-electron chi connectivity index (χ0n) is 19.4. The minimum absolute atomic E-state index is 0.0920. The van der Waals surface area contributed by atoms with Gasteiger partial charge in [0.1, 0.15) is 6.10 Å². The molecule has 0 spiro atoms. The van der Waals surface area contributed by atoms with Crippen LogP contribution in [0.15, 0.2) is 72.2 Å². The van der Waals surface area contributed by atoms with Crippen LogP contribution in [0.25, 0.3) is 0 Å². The zero-order chi connectivity index (χ0) is 23.5. The van der Waals surface area contributed by atoms with Gasteiger partial charge in [0.05, 0.1) is 19.2 Å². The number of benzene rings is 1. The summed E-state index contributed by atoms with van der Waals surface area (Å²) in [4.78, 5) is 13.5. The lowest BCUT2D eigenvalue weighted by atomic mass is 9.99. The van der Waals surface area contributed by atoms with Gasteiger partial charge in [-0.15, -0.1) is 17.9 Å². The highest BCUT2D eigenvalue weighted by atomic mass is 32.1. The Morgan fingerprint density at radius 3 is 2.58 bits per heavy atom. The van der Waals surface area contributed by atoms with E-state index in [1.807, 2.05) is 24.3 Å². The number of hydrogen-bond donors (Lipinski definition) is 2. The molecule has 0 radical (unpaired) electrons. The van der Waals surface area contributed by atoms with Crippen molar-refractivity contribution in [2.24, 2.45) is 4.99 Å². The molecule has 0 fully saturated rings. The van der Waals surface area contributed by atoms with E-state index < -0.39 is 0 Å². The second-order valence-electron chi connectivity index (χ2n) is 8.14. The van der Waals surface area contributed by atoms with E-state index in [1.54, 1.807) is 11.3 Å². The Labute approximate surface area is 201 Å². The topological polar surface area (TPSA) is 53.9 Å². The molecule has 2 N–H and O–H groups in total. The summed E-state index contributed by atoms with van der Waals surface area (Å²) in [6.07, 6.45) is 3.45. The van der Waals surface area contributed by atoms with Gasteiger partial charge in [0.2, 0.25) is 0 Å². The zero-order valence-corrected chi connectivity index (χ0v) is 20.2. The van der Waals surface area contributed by atoms with Gasteiger partial charge in [0, 0.05) is 28.3 Å². The summed E-state index contributed by atoms with van der Waals surface area (Å²) in [6.45, 7) is 8.67. The van der Waals surface area contributed by atoms with Crippen LogP contribution in [0.4, 0.5) is 0 Å². The predicted molar refractivity (Wildman–Crippen MR) is 137 cm³/mol. The van der Waals surface area contributed by atoms with E-state index >= 15 is 0 Å². The molecule has 1 heterocycles. The Bertz CT molecular complexity index is 1010. The third-order valence-electron chi connectivity index (χ3n) is 5.32. The van der Waals surface area contributed by atoms with Crippen LogP contribution in [0.3, 0.4) is 0 Å². The molecule has 2 atom stereocenters. The fraction of sp³-hybridized carbons (Fsp3) is 0.321. The molecule has 0 aliphatic rings. The lowest BCUT2D eigenvalue weighted by Gasteiger charge is -2.24. The quantitative estimate of drug-likeness (QED) is 0.209. The van der Waals surface area contributed by atoms with Crippen molar-refractivity contribution in [1.29, 1.82) is 0 Å². The molecule has 5 heteroatoms. The molecule has 0 bridgehead atoms. The van der Waals surface area contributed by atoms with E-state index in [0.717, 1.165) is 17.7 Å². The molecular formula is C28H32N2O2S. The number of aliphatic hydroxyl groups is 1. The Hall–Kier alpha value is -2.75. The van der Waals surface area contributed by atoms with Gasteiger partial charge >= 0.3 is 0 Å². The Morgan fingerprint density at radius 1 is 1.12 bits per heavy atom. The molecule has 0 saturated carbocycles. The van der Waals surface area contributed by atoms with Crippen molar-refractivity contribution >= 4 is 17.0 Å². The summed E-state index contributed by atoms with van der Waals surface area (Å²) < 4.78 is 0. The highest BCUT2D eigenvalue weighted by molar-refractivity contribution is 7.11. The summed E-state index contributed by atoms with van der Waals surface area (Å²) in [7, 11) is 0. The van der Waals surface area contributed by atoms with Gasteiger partial charge in [-0.25, -0.2) is 0 Å². The largest absolute Gasteiger partial charge is 0.394 e. The molecule has 1 aromatic heterocycles. The van der Waals surface area contributed by atoms with E-state index in [4.69, 9.17) is 9.83 Å². The second kappa shape index (κ2) is 13.1. The number of nitrogens with one attached hydrogen (secondary N) is 1. The van der Waals surface area contributed by atoms with E-state index in [-0.39, 0.29) is 18.8 Å². The first-order valence-corrected chi connectivity index (χ1v) is 12.0. The maximum Gasteiger partial charge on any atom is 0.106 e. The third kappa shape index (κ3) is 8.27. The van der Waals surface area contributed by atoms with Gasteiger partial charge < -0.3 is 5.11 Å². The van der Waals surface area contributed by atoms with Crippen molar-refractivity contribution in [1.82, 2.24) is 5.48 Å². The lowest BCUT2D eigenvalue weighted by molar-refractivity contribution is -0.0569. The van der Waals surface area contributed by atoms with Crippen molar-refractivity contribution in [3.8, 4) is 0 Å². The van der Waals surface area contributed by atoms with E-state index in [1.165, 1.54) is 20.9 Å². The second-order valence-corrected chi connectivity index (χ2v) is 9.51. The smallest absolute Gasteiger partial charge is 0.106 e. The first kappa shape index (κ1) is 24.9. The van der Waals surface area contributed by atoms with Crippen LogP contribution in [0.5, 0.6) is 0 Å². The number of thiophene rings is 1. The van der Waals surface area contributed by atoms with Crippen LogP contribution in [0.2, 0.25) is 0 Å². The van der Waals surface area contributed by atoms with Gasteiger partial charge in [-0.1, -0.05) is 48.0 Å². The summed E-state index contributed by atoms with van der Waals surface area (Å²) in [6, 6.07) is 24.1. The van der Waals surface area contributed by atoms with Crippen molar-refractivity contribution in [3.05, 3.63) is 106 Å². The Balaban J connectivity index is 1.76. The molecule has 1 unspecified atom stereocenters. The van der Waals surface area contributed by atoms with Crippen molar-refractivity contribution in [2.45, 2.75) is 51.8 Å². The molecule has 0 aliphatic heterocycles. The maximum absolute atomic E-state index is 9.89. The molecule has 3 aromatic rings. The maximum atomic E-state index is 9.89. The van der Waals surface area contributed by atoms with Crippen molar-refractivity contribution < 1.29 is 9.94 Å². The number of aryl methyl sites for hydroxylation is 2. The molecule has 0 aliphatic carbocycles. The highest BCUT2D eigenvalue weighted by Crippen LogP contribution is 2.17. The van der Waals surface area contributed by atoms with Crippen molar-refractivity contribution in [3.63, 3.8) is 0 Å². The monoisotopic (exact) mass is 460 g/mol. The first-order chi connectivity index (χ1) is 16.1. The number of rotatable bonds is 13. The minimum atomic E-state index is -0.383. The van der Waals surface area contributed by atoms with E-state index in [0.29, 0.717) is 19.4 Å². The summed E-state index contributed by atoms with van der Waals surface area (Å²) in [5.41, 5.74) is 7.67. The third-order valence-corrected chi connectivity index (χ3v) is 6.30. The van der Waals surface area contributed by atoms with Crippen LogP contribution in [-0.4, -0.2) is 29.6 Å². The molecule has 0 saturated heterocycles. The average Bonchev–Trinajstić information content (AvgIpc) is 3.25. The van der Waals surface area contributed by atoms with Gasteiger partial charge in [0.25, 0.3) is 0 Å². The number of hydrogen-bond acceptors (Lipinski definition) is 5. The van der Waals surface area contributed by atoms with Crippen LogP contribution >= 0.6 is 11.3 Å². The standard InChI is InChI=1S/C28H32N2O2S/c1-4-8-27(29-19-26-16-13-22(3)33-26)28(18-24-14-11-21(2)12-15-24)30-32-25(20-31)17-23-9-6-5-7-10-23/h4,6,9-16,25,28,30-31H,1,8,17-20H2,2-3H3/t25?,28-/m0/s1. The molecule has 172 valence electrons. The average molecular weight is 461 g/mol. The van der Waals surface area contributed by atoms with E-state index in [9.17, 15) is 5.11 Å². The molecule has 33 heavy (non-hydrogen) atoms. The highest BCUT2D eigenvalue weighted by Gasteiger charge is 2.19. The van der Waals surface area contributed by atoms with Crippen LogP contribution in [0.1, 0.15) is 32.9 Å². The van der Waals surface area contributed by atoms with Gasteiger partial charge in [-0.2, -0.15) is 5.48 Å². The number of aliphatic imine (C=N–C) groups is 1. The molecule has 2 aromatic carbocycles. The summed E-state index contributed by atoms with van der Waals surface area (Å²) >= 11 is 1.77. The number of hydroxylamine groups is 1. The SMILES string of the molecule is C=CCC(=NCc1ccc(C)s1)[C@H](Cc1ccc(C)cc1)NOC(CO)Cc1cc#ccc1. The molecule has 4 nitrogen and oxygen atoms in total. The van der Waals surface area contributed by atoms with Crippen LogP contribution in [0, 0.1) is 26.0 Å². The first-order valence-electron chi connectivity index (χ1n) is 11.2. The van der Waals surface area contributed by atoms with Crippen LogP contribution in [-0.2, 0) is 24.2 Å². The fourth-order valence-electron chi connectivity index (χ4n) is 3.49. The number of nitrogens with zero attached hydrogens (tertiary/aromatic N) is 1. The number of aliphatic hydroxyl groups excluding tert-OH is 1. The van der Waals surface area contributed by atoms with Gasteiger partial charge in [0.15, 0.2) is 0 Å². The van der Waals surface area contributed by atoms with Crippen LogP contribution < -0.4 is 5.48 Å². The predicted octanol–water partition coefficient (Wildman–Crippen LogP) is 5.22. The summed E-state index contributed by atoms with van der Waals surface area (Å²) in [5.74, 6) is 0. The molecular weight excluding hydrogens is 428 g/mol. The van der Waals surface area contributed by atoms with Gasteiger partial charge in [-0.3, -0.25) is 9.83 Å². The Kier molecular flexibility index (Phi) is 9.86. The number of allylic oxidation sites excluding steroid dienone is 1. The summed E-state index contributed by atoms with van der Waals surface area (Å²) in [5, 5.41) is 9.89. The molecule has 0 amide bonds. The van der Waals surface area contributed by atoms with E-state index in [2.05, 4.69) is 74.4 Å². The Morgan fingerprint density at radius 2 is 1.94 bits per heavy atom. The minimum Gasteiger partial charge on any atom is -0.394 e. The lowest BCUT2D eigenvalue weighted by Crippen LogP contribution is -2.42. The van der Waals surface area contributed by atoms with Gasteiger partial charge in [-0.05, 0) is 61.7 Å². The van der Waals surface area contributed by atoms with Crippen molar-refractivity contribution in [2.75, 3.05) is 6.61 Å².